The zero-order valence-electron chi connectivity index (χ0n) is 8.20. The molecule has 0 aliphatic rings. The average Bonchev–Trinajstić information content (AvgIpc) is 2.62. The second kappa shape index (κ2) is 4.47. The molecule has 0 saturated heterocycles. The minimum absolute atomic E-state index is 0.278. The van der Waals surface area contributed by atoms with E-state index in [9.17, 15) is 30.7 Å². The highest BCUT2D eigenvalue weighted by molar-refractivity contribution is 7.09. The van der Waals surface area contributed by atoms with Crippen molar-refractivity contribution in [1.82, 2.24) is 0 Å². The molecule has 0 amide bonds. The van der Waals surface area contributed by atoms with E-state index in [1.165, 1.54) is 17.5 Å². The Balaban J connectivity index is 2.86. The van der Waals surface area contributed by atoms with Gasteiger partial charge in [-0.15, -0.1) is 11.3 Å². The summed E-state index contributed by atoms with van der Waals surface area (Å²) >= 11 is 0.984. The lowest BCUT2D eigenvalue weighted by atomic mass is 9.98. The quantitative estimate of drug-likeness (QED) is 0.714. The fourth-order valence-corrected chi connectivity index (χ4v) is 1.90. The van der Waals surface area contributed by atoms with Crippen molar-refractivity contribution >= 4 is 11.3 Å². The summed E-state index contributed by atoms with van der Waals surface area (Å²) in [6, 6.07) is 2.83. The topological polar surface area (TPSA) is 0 Å². The van der Waals surface area contributed by atoms with E-state index in [0.717, 1.165) is 11.3 Å². The first-order valence-corrected chi connectivity index (χ1v) is 5.30. The molecule has 1 heterocycles. The lowest BCUT2D eigenvalue weighted by Gasteiger charge is -2.29. The number of hydrogen-bond acceptors (Lipinski definition) is 1. The van der Waals surface area contributed by atoms with Gasteiger partial charge in [0.15, 0.2) is 0 Å². The second-order valence-electron chi connectivity index (χ2n) is 3.38. The van der Waals surface area contributed by atoms with Gasteiger partial charge < -0.3 is 0 Å². The minimum atomic E-state index is -5.96. The zero-order valence-corrected chi connectivity index (χ0v) is 9.02. The van der Waals surface area contributed by atoms with Crippen molar-refractivity contribution in [3.8, 4) is 0 Å². The number of thiophene rings is 1. The fraction of sp³-hybridized carbons (Fsp3) is 0.556. The van der Waals surface area contributed by atoms with Crippen LogP contribution < -0.4 is 0 Å². The Morgan fingerprint density at radius 2 is 1.47 bits per heavy atom. The molecule has 1 aromatic rings. The van der Waals surface area contributed by atoms with Gasteiger partial charge in [-0.05, 0) is 17.9 Å². The maximum atomic E-state index is 13.2. The standard InChI is InChI=1S/C9H7F7S/c10-7(8(11,12)13,9(14,15)16)4-3-6-2-1-5-17-6/h1-2,5H,3-4H2. The van der Waals surface area contributed by atoms with Gasteiger partial charge >= 0.3 is 12.4 Å². The number of halogens is 7. The Morgan fingerprint density at radius 1 is 0.941 bits per heavy atom. The van der Waals surface area contributed by atoms with Crippen LogP contribution in [0.5, 0.6) is 0 Å². The summed E-state index contributed by atoms with van der Waals surface area (Å²) in [6.07, 6.45) is -14.2. The van der Waals surface area contributed by atoms with Gasteiger partial charge in [0, 0.05) is 11.3 Å². The Bertz CT molecular complexity index is 334. The summed E-state index contributed by atoms with van der Waals surface area (Å²) < 4.78 is 86.0. The molecule has 0 bridgehead atoms. The molecule has 98 valence electrons. The van der Waals surface area contributed by atoms with E-state index in [4.69, 9.17) is 0 Å². The first-order chi connectivity index (χ1) is 7.58. The van der Waals surface area contributed by atoms with Crippen LogP contribution in [-0.4, -0.2) is 18.0 Å². The van der Waals surface area contributed by atoms with E-state index in [1.807, 2.05) is 0 Å². The Morgan fingerprint density at radius 3 is 1.82 bits per heavy atom. The Hall–Kier alpha value is -0.790. The predicted molar refractivity (Wildman–Crippen MR) is 48.6 cm³/mol. The molecule has 0 aliphatic heterocycles. The van der Waals surface area contributed by atoms with Gasteiger partial charge in [-0.1, -0.05) is 6.07 Å². The van der Waals surface area contributed by atoms with Crippen LogP contribution in [0.25, 0.3) is 0 Å². The number of hydrogen-bond donors (Lipinski definition) is 0. The second-order valence-corrected chi connectivity index (χ2v) is 4.41. The molecule has 1 aromatic heterocycles. The van der Waals surface area contributed by atoms with Crippen molar-refractivity contribution in [2.24, 2.45) is 0 Å². The number of rotatable bonds is 3. The molecule has 0 atom stereocenters. The van der Waals surface area contributed by atoms with E-state index in [2.05, 4.69) is 0 Å². The summed E-state index contributed by atoms with van der Waals surface area (Å²) in [5, 5.41) is 1.50. The average molecular weight is 280 g/mol. The van der Waals surface area contributed by atoms with E-state index < -0.39 is 30.9 Å². The molecular weight excluding hydrogens is 273 g/mol. The van der Waals surface area contributed by atoms with Gasteiger partial charge in [-0.3, -0.25) is 0 Å². The van der Waals surface area contributed by atoms with Gasteiger partial charge in [0.1, 0.15) is 0 Å². The third-order valence-corrected chi connectivity index (χ3v) is 3.13. The maximum Gasteiger partial charge on any atom is 0.431 e. The van der Waals surface area contributed by atoms with Crippen molar-refractivity contribution < 1.29 is 30.7 Å². The molecule has 0 N–H and O–H groups in total. The largest absolute Gasteiger partial charge is 0.431 e. The first-order valence-electron chi connectivity index (χ1n) is 4.43. The van der Waals surface area contributed by atoms with E-state index in [-0.39, 0.29) is 4.88 Å². The molecule has 0 nitrogen and oxygen atoms in total. The maximum absolute atomic E-state index is 13.2. The predicted octanol–water partition coefficient (Wildman–Crippen LogP) is 4.51. The van der Waals surface area contributed by atoms with Gasteiger partial charge in [-0.2, -0.15) is 26.3 Å². The summed E-state index contributed by atoms with van der Waals surface area (Å²) in [7, 11) is 0. The molecular formula is C9H7F7S. The van der Waals surface area contributed by atoms with Gasteiger partial charge in [0.2, 0.25) is 0 Å². The molecule has 0 spiro atoms. The molecule has 0 aliphatic carbocycles. The molecule has 1 rings (SSSR count). The lowest BCUT2D eigenvalue weighted by molar-refractivity contribution is -0.343. The SMILES string of the molecule is FC(F)(F)C(F)(CCc1cccs1)C(F)(F)F. The molecule has 0 fully saturated rings. The van der Waals surface area contributed by atoms with Crippen LogP contribution in [-0.2, 0) is 6.42 Å². The van der Waals surface area contributed by atoms with E-state index >= 15 is 0 Å². The molecule has 8 heteroatoms. The number of aryl methyl sites for hydroxylation is 1. The third-order valence-electron chi connectivity index (χ3n) is 2.19. The lowest BCUT2D eigenvalue weighted by Crippen LogP contribution is -2.53. The van der Waals surface area contributed by atoms with Crippen LogP contribution in [0.3, 0.4) is 0 Å². The third kappa shape index (κ3) is 2.91. The van der Waals surface area contributed by atoms with Gasteiger partial charge in [0.05, 0.1) is 0 Å². The van der Waals surface area contributed by atoms with E-state index in [0.29, 0.717) is 0 Å². The van der Waals surface area contributed by atoms with Gasteiger partial charge in [0.25, 0.3) is 5.67 Å². The highest BCUT2D eigenvalue weighted by Gasteiger charge is 2.71. The highest BCUT2D eigenvalue weighted by Crippen LogP contribution is 2.48. The molecule has 0 unspecified atom stereocenters. The van der Waals surface area contributed by atoms with Crippen LogP contribution in [0.1, 0.15) is 11.3 Å². The van der Waals surface area contributed by atoms with Crippen molar-refractivity contribution in [1.29, 1.82) is 0 Å². The van der Waals surface area contributed by atoms with Crippen LogP contribution >= 0.6 is 11.3 Å². The van der Waals surface area contributed by atoms with Crippen molar-refractivity contribution in [2.45, 2.75) is 30.9 Å². The molecule has 0 aromatic carbocycles. The smallest absolute Gasteiger partial charge is 0.224 e. The first kappa shape index (κ1) is 14.3. The Kier molecular flexibility index (Phi) is 3.75. The Labute approximate surface area is 96.1 Å². The van der Waals surface area contributed by atoms with Crippen LogP contribution in [0.4, 0.5) is 30.7 Å². The highest BCUT2D eigenvalue weighted by atomic mass is 32.1. The fourth-order valence-electron chi connectivity index (χ4n) is 1.19. The monoisotopic (exact) mass is 280 g/mol. The van der Waals surface area contributed by atoms with Crippen LogP contribution in [0.2, 0.25) is 0 Å². The summed E-state index contributed by atoms with van der Waals surface area (Å²) in [5.74, 6) is 0. The van der Waals surface area contributed by atoms with Crippen molar-refractivity contribution in [3.63, 3.8) is 0 Å². The van der Waals surface area contributed by atoms with Crippen LogP contribution in [0, 0.1) is 0 Å². The minimum Gasteiger partial charge on any atom is -0.224 e. The van der Waals surface area contributed by atoms with Crippen molar-refractivity contribution in [3.05, 3.63) is 22.4 Å². The zero-order chi connectivity index (χ0) is 13.3. The summed E-state index contributed by atoms with van der Waals surface area (Å²) in [5.41, 5.74) is -5.15. The molecule has 0 saturated carbocycles. The molecule has 0 radical (unpaired) electrons. The summed E-state index contributed by atoms with van der Waals surface area (Å²) in [4.78, 5) is 0.278. The molecule has 17 heavy (non-hydrogen) atoms. The normalized spacial score (nSPS) is 14.1. The van der Waals surface area contributed by atoms with Crippen molar-refractivity contribution in [2.75, 3.05) is 0 Å². The van der Waals surface area contributed by atoms with Crippen LogP contribution in [0.15, 0.2) is 17.5 Å². The summed E-state index contributed by atoms with van der Waals surface area (Å²) in [6.45, 7) is 0. The number of alkyl halides is 7. The van der Waals surface area contributed by atoms with Gasteiger partial charge in [-0.25, -0.2) is 4.39 Å². The van der Waals surface area contributed by atoms with E-state index in [1.54, 1.807) is 0 Å².